The molecule has 1 atom stereocenters. The Labute approximate surface area is 92.5 Å². The molecule has 0 aliphatic rings. The Morgan fingerprint density at radius 2 is 1.87 bits per heavy atom. The van der Waals surface area contributed by atoms with E-state index in [0.29, 0.717) is 0 Å². The highest BCUT2D eigenvalue weighted by Crippen LogP contribution is 2.20. The Kier molecular flexibility index (Phi) is 3.70. The van der Waals surface area contributed by atoms with Crippen LogP contribution in [0.3, 0.4) is 0 Å². The molecule has 1 heteroatoms. The molecule has 1 nitrogen and oxygen atoms in total. The maximum atomic E-state index is 9.83. The highest BCUT2D eigenvalue weighted by atomic mass is 16.3. The standard InChI is InChI=1S/C14H20O/c1-5-12-6-8-13(9-7-12)10-11(2)14(3,4)15/h5-9,11,15H,1,10H2,2-4H3. The molecule has 0 amide bonds. The summed E-state index contributed by atoms with van der Waals surface area (Å²) in [6, 6.07) is 8.30. The minimum absolute atomic E-state index is 0.257. The fourth-order valence-corrected chi connectivity index (χ4v) is 1.39. The highest BCUT2D eigenvalue weighted by molar-refractivity contribution is 5.47. The average molecular weight is 204 g/mol. The van der Waals surface area contributed by atoms with Crippen molar-refractivity contribution in [3.63, 3.8) is 0 Å². The lowest BCUT2D eigenvalue weighted by molar-refractivity contribution is 0.0251. The first-order chi connectivity index (χ1) is 6.93. The molecule has 0 fully saturated rings. The second-order valence-electron chi connectivity index (χ2n) is 4.70. The van der Waals surface area contributed by atoms with E-state index in [-0.39, 0.29) is 5.92 Å². The molecule has 82 valence electrons. The Balaban J connectivity index is 2.69. The van der Waals surface area contributed by atoms with Gasteiger partial charge in [0.15, 0.2) is 0 Å². The molecule has 0 saturated heterocycles. The van der Waals surface area contributed by atoms with Crippen LogP contribution in [0.5, 0.6) is 0 Å². The molecule has 1 unspecified atom stereocenters. The predicted octanol–water partition coefficient (Wildman–Crippen LogP) is 3.28. The molecule has 1 rings (SSSR count). The molecule has 0 saturated carbocycles. The third kappa shape index (κ3) is 3.52. The second-order valence-corrected chi connectivity index (χ2v) is 4.70. The van der Waals surface area contributed by atoms with Gasteiger partial charge in [0.05, 0.1) is 5.60 Å². The van der Waals surface area contributed by atoms with Crippen LogP contribution in [0.4, 0.5) is 0 Å². The van der Waals surface area contributed by atoms with Crippen molar-refractivity contribution in [1.29, 1.82) is 0 Å². The molecule has 1 aromatic rings. The molecular weight excluding hydrogens is 184 g/mol. The molecule has 1 N–H and O–H groups in total. The van der Waals surface area contributed by atoms with E-state index < -0.39 is 5.60 Å². The van der Waals surface area contributed by atoms with E-state index in [9.17, 15) is 5.11 Å². The number of aliphatic hydroxyl groups is 1. The normalized spacial score (nSPS) is 13.6. The lowest BCUT2D eigenvalue weighted by Gasteiger charge is -2.25. The molecule has 1 aromatic carbocycles. The van der Waals surface area contributed by atoms with Gasteiger partial charge in [-0.3, -0.25) is 0 Å². The number of rotatable bonds is 4. The topological polar surface area (TPSA) is 20.2 Å². The van der Waals surface area contributed by atoms with Crippen LogP contribution in [-0.2, 0) is 6.42 Å². The first-order valence-corrected chi connectivity index (χ1v) is 5.37. The third-order valence-electron chi connectivity index (χ3n) is 2.96. The molecule has 0 spiro atoms. The van der Waals surface area contributed by atoms with Gasteiger partial charge in [0.1, 0.15) is 0 Å². The van der Waals surface area contributed by atoms with Gasteiger partial charge in [0, 0.05) is 0 Å². The number of hydrogen-bond donors (Lipinski definition) is 1. The van der Waals surface area contributed by atoms with Crippen molar-refractivity contribution >= 4 is 6.08 Å². The van der Waals surface area contributed by atoms with E-state index in [2.05, 4.69) is 37.8 Å². The summed E-state index contributed by atoms with van der Waals surface area (Å²) in [5.74, 6) is 0.257. The first-order valence-electron chi connectivity index (χ1n) is 5.37. The summed E-state index contributed by atoms with van der Waals surface area (Å²) >= 11 is 0. The molecule has 0 aliphatic carbocycles. The van der Waals surface area contributed by atoms with Gasteiger partial charge in [-0.05, 0) is 37.3 Å². The highest BCUT2D eigenvalue weighted by Gasteiger charge is 2.22. The van der Waals surface area contributed by atoms with Crippen LogP contribution in [-0.4, -0.2) is 10.7 Å². The van der Waals surface area contributed by atoms with Crippen LogP contribution in [0.2, 0.25) is 0 Å². The van der Waals surface area contributed by atoms with Crippen molar-refractivity contribution in [2.24, 2.45) is 5.92 Å². The minimum atomic E-state index is -0.614. The van der Waals surface area contributed by atoms with E-state index in [1.807, 2.05) is 19.9 Å². The fourth-order valence-electron chi connectivity index (χ4n) is 1.39. The Morgan fingerprint density at radius 1 is 1.33 bits per heavy atom. The summed E-state index contributed by atoms with van der Waals surface area (Å²) < 4.78 is 0. The first kappa shape index (κ1) is 12.0. The van der Waals surface area contributed by atoms with Crippen LogP contribution >= 0.6 is 0 Å². The van der Waals surface area contributed by atoms with E-state index in [1.54, 1.807) is 0 Å². The van der Waals surface area contributed by atoms with Gasteiger partial charge in [0.25, 0.3) is 0 Å². The van der Waals surface area contributed by atoms with Crippen LogP contribution in [0.25, 0.3) is 6.08 Å². The fraction of sp³-hybridized carbons (Fsp3) is 0.429. The quantitative estimate of drug-likeness (QED) is 0.798. The van der Waals surface area contributed by atoms with E-state index >= 15 is 0 Å². The molecule has 0 bridgehead atoms. The SMILES string of the molecule is C=Cc1ccc(CC(C)C(C)(C)O)cc1. The van der Waals surface area contributed by atoms with Gasteiger partial charge in [-0.15, -0.1) is 0 Å². The molecule has 0 aromatic heterocycles. The van der Waals surface area contributed by atoms with Crippen molar-refractivity contribution in [2.75, 3.05) is 0 Å². The molecule has 0 heterocycles. The molecule has 0 aliphatic heterocycles. The van der Waals surface area contributed by atoms with Crippen molar-refractivity contribution in [2.45, 2.75) is 32.8 Å². The van der Waals surface area contributed by atoms with Crippen LogP contribution < -0.4 is 0 Å². The summed E-state index contributed by atoms with van der Waals surface area (Å²) in [6.45, 7) is 9.51. The summed E-state index contributed by atoms with van der Waals surface area (Å²) in [7, 11) is 0. The van der Waals surface area contributed by atoms with E-state index in [4.69, 9.17) is 0 Å². The maximum absolute atomic E-state index is 9.83. The summed E-state index contributed by atoms with van der Waals surface area (Å²) in [5.41, 5.74) is 1.78. The van der Waals surface area contributed by atoms with Gasteiger partial charge >= 0.3 is 0 Å². The number of benzene rings is 1. The lowest BCUT2D eigenvalue weighted by Crippen LogP contribution is -2.29. The zero-order valence-corrected chi connectivity index (χ0v) is 9.83. The van der Waals surface area contributed by atoms with Crippen molar-refractivity contribution in [3.8, 4) is 0 Å². The monoisotopic (exact) mass is 204 g/mol. The van der Waals surface area contributed by atoms with Gasteiger partial charge in [-0.2, -0.15) is 0 Å². The van der Waals surface area contributed by atoms with E-state index in [0.717, 1.165) is 12.0 Å². The third-order valence-corrected chi connectivity index (χ3v) is 2.96. The zero-order chi connectivity index (χ0) is 11.5. The second kappa shape index (κ2) is 4.63. The smallest absolute Gasteiger partial charge is 0.0620 e. The minimum Gasteiger partial charge on any atom is -0.390 e. The van der Waals surface area contributed by atoms with Crippen molar-refractivity contribution in [3.05, 3.63) is 42.0 Å². The van der Waals surface area contributed by atoms with E-state index in [1.165, 1.54) is 5.56 Å². The van der Waals surface area contributed by atoms with Crippen molar-refractivity contribution in [1.82, 2.24) is 0 Å². The predicted molar refractivity (Wildman–Crippen MR) is 65.7 cm³/mol. The Hall–Kier alpha value is -1.08. The summed E-state index contributed by atoms with van der Waals surface area (Å²) in [5, 5.41) is 9.83. The van der Waals surface area contributed by atoms with Crippen LogP contribution in [0, 0.1) is 5.92 Å². The Bertz CT molecular complexity index is 316. The largest absolute Gasteiger partial charge is 0.390 e. The zero-order valence-electron chi connectivity index (χ0n) is 9.83. The van der Waals surface area contributed by atoms with Crippen LogP contribution in [0.15, 0.2) is 30.8 Å². The maximum Gasteiger partial charge on any atom is 0.0620 e. The summed E-state index contributed by atoms with van der Waals surface area (Å²) in [4.78, 5) is 0. The van der Waals surface area contributed by atoms with Gasteiger partial charge in [-0.1, -0.05) is 43.8 Å². The molecule has 15 heavy (non-hydrogen) atoms. The van der Waals surface area contributed by atoms with Crippen molar-refractivity contribution < 1.29 is 5.11 Å². The summed E-state index contributed by atoms with van der Waals surface area (Å²) in [6.07, 6.45) is 2.74. The van der Waals surface area contributed by atoms with Gasteiger partial charge in [0.2, 0.25) is 0 Å². The Morgan fingerprint density at radius 3 is 2.27 bits per heavy atom. The molecule has 0 radical (unpaired) electrons. The van der Waals surface area contributed by atoms with Gasteiger partial charge in [-0.25, -0.2) is 0 Å². The van der Waals surface area contributed by atoms with Gasteiger partial charge < -0.3 is 5.11 Å². The number of hydrogen-bond acceptors (Lipinski definition) is 1. The molecular formula is C14H20O. The lowest BCUT2D eigenvalue weighted by atomic mass is 9.87. The van der Waals surface area contributed by atoms with Crippen LogP contribution in [0.1, 0.15) is 31.9 Å². The average Bonchev–Trinajstić information content (AvgIpc) is 2.17.